The molecule has 0 unspecified atom stereocenters. The molecule has 2 fully saturated rings. The molecule has 2 aliphatic heterocycles. The third kappa shape index (κ3) is 2.44. The molecule has 20 heavy (non-hydrogen) atoms. The lowest BCUT2D eigenvalue weighted by Crippen LogP contribution is -2.47. The second kappa shape index (κ2) is 5.52. The Morgan fingerprint density at radius 2 is 1.95 bits per heavy atom. The molecular formula is C16H23N3O. The monoisotopic (exact) mass is 273 g/mol. The summed E-state index contributed by atoms with van der Waals surface area (Å²) in [7, 11) is 2.19. The molecule has 1 aromatic rings. The van der Waals surface area contributed by atoms with Crippen LogP contribution < -0.4 is 0 Å². The van der Waals surface area contributed by atoms with E-state index in [1.165, 1.54) is 12.8 Å². The molecule has 4 heteroatoms. The second-order valence-electron chi connectivity index (χ2n) is 6.09. The maximum Gasteiger partial charge on any atom is 0.255 e. The number of nitrogens with zero attached hydrogens (tertiary/aromatic N) is 3. The van der Waals surface area contributed by atoms with Crippen molar-refractivity contribution < 1.29 is 4.79 Å². The van der Waals surface area contributed by atoms with Gasteiger partial charge in [0.1, 0.15) is 0 Å². The lowest BCUT2D eigenvalue weighted by atomic mass is 10.0. The number of hydrogen-bond acceptors (Lipinski definition) is 3. The van der Waals surface area contributed by atoms with E-state index in [0.717, 1.165) is 37.2 Å². The zero-order valence-corrected chi connectivity index (χ0v) is 12.4. The summed E-state index contributed by atoms with van der Waals surface area (Å²) in [4.78, 5) is 21.5. The number of aromatic nitrogens is 1. The first kappa shape index (κ1) is 13.6. The van der Waals surface area contributed by atoms with Gasteiger partial charge < -0.3 is 9.80 Å². The van der Waals surface area contributed by atoms with E-state index in [1.54, 1.807) is 6.20 Å². The quantitative estimate of drug-likeness (QED) is 0.828. The fraction of sp³-hybridized carbons (Fsp3) is 0.625. The van der Waals surface area contributed by atoms with Gasteiger partial charge in [0.2, 0.25) is 0 Å². The van der Waals surface area contributed by atoms with Gasteiger partial charge >= 0.3 is 0 Å². The SMILES string of the molecule is Cc1ccc(C(=O)N2CCC[C@@H]2[C@H]2CCCN2C)cn1. The molecule has 2 aliphatic rings. The van der Waals surface area contributed by atoms with Crippen molar-refractivity contribution in [3.8, 4) is 0 Å². The van der Waals surface area contributed by atoms with E-state index in [-0.39, 0.29) is 5.91 Å². The number of carbonyl (C=O) groups excluding carboxylic acids is 1. The Balaban J connectivity index is 1.78. The van der Waals surface area contributed by atoms with Crippen molar-refractivity contribution in [1.82, 2.24) is 14.8 Å². The van der Waals surface area contributed by atoms with Crippen LogP contribution in [0.15, 0.2) is 18.3 Å². The zero-order valence-electron chi connectivity index (χ0n) is 12.4. The first-order valence-corrected chi connectivity index (χ1v) is 7.60. The maximum atomic E-state index is 12.7. The molecule has 0 saturated carbocycles. The average molecular weight is 273 g/mol. The zero-order chi connectivity index (χ0) is 14.1. The number of pyridine rings is 1. The van der Waals surface area contributed by atoms with Crippen LogP contribution >= 0.6 is 0 Å². The summed E-state index contributed by atoms with van der Waals surface area (Å²) in [6, 6.07) is 4.74. The van der Waals surface area contributed by atoms with E-state index in [1.807, 2.05) is 19.1 Å². The summed E-state index contributed by atoms with van der Waals surface area (Å²) in [5.41, 5.74) is 1.68. The van der Waals surface area contributed by atoms with Crippen molar-refractivity contribution in [2.45, 2.75) is 44.7 Å². The highest BCUT2D eigenvalue weighted by atomic mass is 16.2. The Morgan fingerprint density at radius 1 is 1.20 bits per heavy atom. The summed E-state index contributed by atoms with van der Waals surface area (Å²) in [6.07, 6.45) is 6.45. The van der Waals surface area contributed by atoms with Crippen LogP contribution in [0.1, 0.15) is 41.7 Å². The highest BCUT2D eigenvalue weighted by molar-refractivity contribution is 5.94. The molecule has 0 N–H and O–H groups in total. The smallest absolute Gasteiger partial charge is 0.255 e. The molecule has 0 radical (unpaired) electrons. The molecule has 2 saturated heterocycles. The van der Waals surface area contributed by atoms with E-state index in [0.29, 0.717) is 12.1 Å². The van der Waals surface area contributed by atoms with E-state index in [9.17, 15) is 4.79 Å². The highest BCUT2D eigenvalue weighted by Crippen LogP contribution is 2.30. The van der Waals surface area contributed by atoms with E-state index in [2.05, 4.69) is 21.8 Å². The van der Waals surface area contributed by atoms with Crippen LogP contribution in [0.4, 0.5) is 0 Å². The topological polar surface area (TPSA) is 36.4 Å². The van der Waals surface area contributed by atoms with Gasteiger partial charge in [-0.05, 0) is 58.3 Å². The molecule has 0 aliphatic carbocycles. The molecule has 0 spiro atoms. The van der Waals surface area contributed by atoms with Gasteiger partial charge in [0.25, 0.3) is 5.91 Å². The van der Waals surface area contributed by atoms with Crippen molar-refractivity contribution in [2.75, 3.05) is 20.1 Å². The van der Waals surface area contributed by atoms with Gasteiger partial charge in [0.15, 0.2) is 0 Å². The molecular weight excluding hydrogens is 250 g/mol. The summed E-state index contributed by atoms with van der Waals surface area (Å²) < 4.78 is 0. The van der Waals surface area contributed by atoms with Gasteiger partial charge in [-0.25, -0.2) is 0 Å². The van der Waals surface area contributed by atoms with Crippen LogP contribution in [0.2, 0.25) is 0 Å². The van der Waals surface area contributed by atoms with Gasteiger partial charge in [0, 0.05) is 30.5 Å². The summed E-state index contributed by atoms with van der Waals surface area (Å²) >= 11 is 0. The van der Waals surface area contributed by atoms with Gasteiger partial charge in [-0.15, -0.1) is 0 Å². The van der Waals surface area contributed by atoms with Crippen LogP contribution in [-0.2, 0) is 0 Å². The predicted octanol–water partition coefficient (Wildman–Crippen LogP) is 2.09. The number of rotatable bonds is 2. The van der Waals surface area contributed by atoms with Crippen molar-refractivity contribution in [3.05, 3.63) is 29.6 Å². The molecule has 108 valence electrons. The third-order valence-corrected chi connectivity index (χ3v) is 4.74. The van der Waals surface area contributed by atoms with Gasteiger partial charge in [-0.2, -0.15) is 0 Å². The minimum absolute atomic E-state index is 0.153. The van der Waals surface area contributed by atoms with E-state index >= 15 is 0 Å². The van der Waals surface area contributed by atoms with Crippen LogP contribution in [0.25, 0.3) is 0 Å². The molecule has 1 amide bonds. The Labute approximate surface area is 120 Å². The molecule has 4 nitrogen and oxygen atoms in total. The Kier molecular flexibility index (Phi) is 3.74. The number of carbonyl (C=O) groups is 1. The largest absolute Gasteiger partial charge is 0.334 e. The molecule has 3 heterocycles. The Bertz CT molecular complexity index is 485. The molecule has 2 atom stereocenters. The van der Waals surface area contributed by atoms with Crippen LogP contribution in [-0.4, -0.2) is 52.9 Å². The highest BCUT2D eigenvalue weighted by Gasteiger charge is 2.38. The number of likely N-dealkylation sites (N-methyl/N-ethyl adjacent to an activating group) is 1. The van der Waals surface area contributed by atoms with Crippen LogP contribution in [0, 0.1) is 6.92 Å². The maximum absolute atomic E-state index is 12.7. The number of aryl methyl sites for hydroxylation is 1. The first-order chi connectivity index (χ1) is 9.66. The number of amides is 1. The standard InChI is InChI=1S/C16H23N3O/c1-12-7-8-13(11-17-12)16(20)19-10-4-6-15(19)14-5-3-9-18(14)2/h7-8,11,14-15H,3-6,9-10H2,1-2H3/t14-,15-/m1/s1. The predicted molar refractivity (Wildman–Crippen MR) is 78.7 cm³/mol. The summed E-state index contributed by atoms with van der Waals surface area (Å²) in [5.74, 6) is 0.153. The minimum Gasteiger partial charge on any atom is -0.334 e. The minimum atomic E-state index is 0.153. The van der Waals surface area contributed by atoms with Gasteiger partial charge in [-0.1, -0.05) is 0 Å². The Hall–Kier alpha value is -1.42. The molecule has 3 rings (SSSR count). The van der Waals surface area contributed by atoms with Crippen LogP contribution in [0.3, 0.4) is 0 Å². The van der Waals surface area contributed by atoms with E-state index < -0.39 is 0 Å². The lowest BCUT2D eigenvalue weighted by Gasteiger charge is -2.33. The number of hydrogen-bond donors (Lipinski definition) is 0. The molecule has 0 aromatic carbocycles. The number of likely N-dealkylation sites (tertiary alicyclic amines) is 2. The average Bonchev–Trinajstić information content (AvgIpc) is 3.07. The first-order valence-electron chi connectivity index (χ1n) is 7.60. The lowest BCUT2D eigenvalue weighted by molar-refractivity contribution is 0.0664. The van der Waals surface area contributed by atoms with Gasteiger partial charge in [0.05, 0.1) is 5.56 Å². The molecule has 0 bridgehead atoms. The Morgan fingerprint density at radius 3 is 2.60 bits per heavy atom. The third-order valence-electron chi connectivity index (χ3n) is 4.74. The van der Waals surface area contributed by atoms with Crippen LogP contribution in [0.5, 0.6) is 0 Å². The molecule has 1 aromatic heterocycles. The fourth-order valence-electron chi connectivity index (χ4n) is 3.63. The van der Waals surface area contributed by atoms with Crippen molar-refractivity contribution in [2.24, 2.45) is 0 Å². The summed E-state index contributed by atoms with van der Waals surface area (Å²) in [5, 5.41) is 0. The van der Waals surface area contributed by atoms with E-state index in [4.69, 9.17) is 0 Å². The van der Waals surface area contributed by atoms with Gasteiger partial charge in [-0.3, -0.25) is 9.78 Å². The van der Waals surface area contributed by atoms with Crippen molar-refractivity contribution in [3.63, 3.8) is 0 Å². The second-order valence-corrected chi connectivity index (χ2v) is 6.09. The summed E-state index contributed by atoms with van der Waals surface area (Å²) in [6.45, 7) is 4.00. The fourth-order valence-corrected chi connectivity index (χ4v) is 3.63. The van der Waals surface area contributed by atoms with Crippen molar-refractivity contribution in [1.29, 1.82) is 0 Å². The normalized spacial score (nSPS) is 27.2. The van der Waals surface area contributed by atoms with Crippen molar-refractivity contribution >= 4 is 5.91 Å².